The Morgan fingerprint density at radius 2 is 1.60 bits per heavy atom. The maximum Gasteiger partial charge on any atom is 0.0659 e. The van der Waals surface area contributed by atoms with Crippen LogP contribution < -0.4 is 0 Å². The lowest BCUT2D eigenvalue weighted by Crippen LogP contribution is -1.98. The molecule has 0 aromatic carbocycles. The molecule has 2 nitrogen and oxygen atoms in total. The SMILES string of the molecule is [CH2]n1nc(CCC)c(CCC)c1CCC. The van der Waals surface area contributed by atoms with Gasteiger partial charge >= 0.3 is 0 Å². The van der Waals surface area contributed by atoms with Crippen LogP contribution in [0.3, 0.4) is 0 Å². The van der Waals surface area contributed by atoms with Gasteiger partial charge in [-0.1, -0.05) is 40.0 Å². The van der Waals surface area contributed by atoms with Crippen LogP contribution in [0, 0.1) is 7.05 Å². The van der Waals surface area contributed by atoms with Crippen molar-refractivity contribution >= 4 is 0 Å². The number of aromatic nitrogens is 2. The van der Waals surface area contributed by atoms with Gasteiger partial charge in [-0.3, -0.25) is 4.68 Å². The molecule has 0 bridgehead atoms. The van der Waals surface area contributed by atoms with Crippen LogP contribution in [-0.4, -0.2) is 9.78 Å². The van der Waals surface area contributed by atoms with E-state index in [0.717, 1.165) is 19.3 Å². The zero-order chi connectivity index (χ0) is 11.3. The fourth-order valence-corrected chi connectivity index (χ4v) is 2.08. The van der Waals surface area contributed by atoms with Gasteiger partial charge in [0.1, 0.15) is 0 Å². The Morgan fingerprint density at radius 3 is 2.13 bits per heavy atom. The van der Waals surface area contributed by atoms with Crippen LogP contribution in [0.5, 0.6) is 0 Å². The van der Waals surface area contributed by atoms with Crippen molar-refractivity contribution < 1.29 is 0 Å². The molecule has 0 atom stereocenters. The van der Waals surface area contributed by atoms with Gasteiger partial charge in [-0.15, -0.1) is 0 Å². The van der Waals surface area contributed by atoms with Gasteiger partial charge in [0.05, 0.1) is 12.7 Å². The summed E-state index contributed by atoms with van der Waals surface area (Å²) in [4.78, 5) is 0. The lowest BCUT2D eigenvalue weighted by Gasteiger charge is -2.04. The summed E-state index contributed by atoms with van der Waals surface area (Å²) in [6.45, 7) is 6.64. The van der Waals surface area contributed by atoms with Crippen LogP contribution in [0.1, 0.15) is 57.0 Å². The largest absolute Gasteiger partial charge is 0.267 e. The fraction of sp³-hybridized carbons (Fsp3) is 0.692. The molecule has 0 N–H and O–H groups in total. The summed E-state index contributed by atoms with van der Waals surface area (Å²) in [7, 11) is 3.99. The van der Waals surface area contributed by atoms with E-state index in [1.54, 1.807) is 0 Å². The molecular formula is C13H23N2. The van der Waals surface area contributed by atoms with Crippen LogP contribution in [0.2, 0.25) is 0 Å². The van der Waals surface area contributed by atoms with E-state index in [9.17, 15) is 0 Å². The minimum atomic E-state index is 1.09. The summed E-state index contributed by atoms with van der Waals surface area (Å²) in [6, 6.07) is 0. The minimum Gasteiger partial charge on any atom is -0.267 e. The first kappa shape index (κ1) is 12.3. The van der Waals surface area contributed by atoms with Gasteiger partial charge in [-0.2, -0.15) is 5.10 Å². The molecule has 0 aliphatic carbocycles. The highest BCUT2D eigenvalue weighted by molar-refractivity contribution is 5.27. The Bertz CT molecular complexity index is 300. The van der Waals surface area contributed by atoms with Gasteiger partial charge in [0.25, 0.3) is 0 Å². The first-order valence-corrected chi connectivity index (χ1v) is 6.15. The monoisotopic (exact) mass is 207 g/mol. The number of hydrogen-bond acceptors (Lipinski definition) is 1. The molecule has 15 heavy (non-hydrogen) atoms. The van der Waals surface area contributed by atoms with E-state index in [0.29, 0.717) is 0 Å². The summed E-state index contributed by atoms with van der Waals surface area (Å²) < 4.78 is 1.85. The topological polar surface area (TPSA) is 17.8 Å². The van der Waals surface area contributed by atoms with Gasteiger partial charge < -0.3 is 0 Å². The average Bonchev–Trinajstić information content (AvgIpc) is 2.48. The van der Waals surface area contributed by atoms with Crippen molar-refractivity contribution in [2.75, 3.05) is 0 Å². The van der Waals surface area contributed by atoms with Gasteiger partial charge in [-0.25, -0.2) is 0 Å². The number of rotatable bonds is 6. The second kappa shape index (κ2) is 5.94. The van der Waals surface area contributed by atoms with E-state index in [-0.39, 0.29) is 0 Å². The first-order valence-electron chi connectivity index (χ1n) is 6.15. The second-order valence-electron chi connectivity index (χ2n) is 4.12. The molecule has 0 spiro atoms. The molecule has 85 valence electrons. The van der Waals surface area contributed by atoms with E-state index in [1.165, 1.54) is 36.2 Å². The van der Waals surface area contributed by atoms with Gasteiger partial charge in [0, 0.05) is 5.69 Å². The van der Waals surface area contributed by atoms with Gasteiger partial charge in [0.15, 0.2) is 0 Å². The van der Waals surface area contributed by atoms with Gasteiger partial charge in [-0.05, 0) is 24.8 Å². The molecule has 1 rings (SSSR count). The highest BCUT2D eigenvalue weighted by Gasteiger charge is 2.13. The second-order valence-corrected chi connectivity index (χ2v) is 4.12. The first-order chi connectivity index (χ1) is 7.24. The summed E-state index contributed by atoms with van der Waals surface area (Å²) in [6.07, 6.45) is 6.88. The molecule has 0 saturated heterocycles. The van der Waals surface area contributed by atoms with Crippen molar-refractivity contribution in [3.63, 3.8) is 0 Å². The van der Waals surface area contributed by atoms with Crippen molar-refractivity contribution in [2.24, 2.45) is 0 Å². The van der Waals surface area contributed by atoms with E-state index < -0.39 is 0 Å². The summed E-state index contributed by atoms with van der Waals surface area (Å²) in [5, 5.41) is 4.54. The number of aryl methyl sites for hydroxylation is 1. The zero-order valence-electron chi connectivity index (χ0n) is 10.3. The molecule has 1 aromatic rings. The Labute approximate surface area is 93.7 Å². The minimum absolute atomic E-state index is 1.09. The number of nitrogens with zero attached hydrogens (tertiary/aromatic N) is 2. The summed E-state index contributed by atoms with van der Waals surface area (Å²) in [5.41, 5.74) is 4.09. The quantitative estimate of drug-likeness (QED) is 0.699. The van der Waals surface area contributed by atoms with Crippen LogP contribution in [0.25, 0.3) is 0 Å². The third-order valence-corrected chi connectivity index (χ3v) is 2.72. The highest BCUT2D eigenvalue weighted by Crippen LogP contribution is 2.19. The van der Waals surface area contributed by atoms with Crippen molar-refractivity contribution in [2.45, 2.75) is 59.3 Å². The third kappa shape index (κ3) is 2.83. The Morgan fingerprint density at radius 1 is 1.00 bits per heavy atom. The van der Waals surface area contributed by atoms with Crippen molar-refractivity contribution in [3.8, 4) is 0 Å². The zero-order valence-corrected chi connectivity index (χ0v) is 10.3. The van der Waals surface area contributed by atoms with Crippen LogP contribution in [0.4, 0.5) is 0 Å². The normalized spacial score (nSPS) is 10.9. The van der Waals surface area contributed by atoms with E-state index >= 15 is 0 Å². The van der Waals surface area contributed by atoms with Crippen molar-refractivity contribution in [1.29, 1.82) is 0 Å². The molecule has 0 aliphatic heterocycles. The smallest absolute Gasteiger partial charge is 0.0659 e. The van der Waals surface area contributed by atoms with Crippen LogP contribution in [0.15, 0.2) is 0 Å². The molecule has 0 aliphatic rings. The predicted molar refractivity (Wildman–Crippen MR) is 65.0 cm³/mol. The Balaban J connectivity index is 3.00. The molecule has 0 amide bonds. The van der Waals surface area contributed by atoms with E-state index in [2.05, 4.69) is 32.9 Å². The maximum atomic E-state index is 4.54. The molecule has 0 fully saturated rings. The standard InChI is InChI=1S/C13H23N2/c1-5-8-11-12(9-6-2)14-15(4)13(11)10-7-3/h4-10H2,1-3H3. The average molecular weight is 207 g/mol. The predicted octanol–water partition coefficient (Wildman–Crippen LogP) is 3.38. The summed E-state index contributed by atoms with van der Waals surface area (Å²) in [5.74, 6) is 0. The van der Waals surface area contributed by atoms with Crippen LogP contribution >= 0.6 is 0 Å². The Hall–Kier alpha value is -0.790. The molecule has 1 radical (unpaired) electrons. The molecule has 1 aromatic heterocycles. The fourth-order valence-electron chi connectivity index (χ4n) is 2.08. The highest BCUT2D eigenvalue weighted by atomic mass is 15.3. The summed E-state index contributed by atoms with van der Waals surface area (Å²) >= 11 is 0. The lowest BCUT2D eigenvalue weighted by molar-refractivity contribution is 0.749. The lowest BCUT2D eigenvalue weighted by atomic mass is 10.0. The van der Waals surface area contributed by atoms with Crippen molar-refractivity contribution in [3.05, 3.63) is 24.0 Å². The van der Waals surface area contributed by atoms with Crippen molar-refractivity contribution in [1.82, 2.24) is 9.78 Å². The Kier molecular flexibility index (Phi) is 4.86. The molecule has 0 saturated carbocycles. The molecular weight excluding hydrogens is 184 g/mol. The number of hydrogen-bond donors (Lipinski definition) is 0. The third-order valence-electron chi connectivity index (χ3n) is 2.72. The van der Waals surface area contributed by atoms with E-state index in [4.69, 9.17) is 0 Å². The molecule has 1 heterocycles. The van der Waals surface area contributed by atoms with Crippen LogP contribution in [-0.2, 0) is 19.3 Å². The maximum absolute atomic E-state index is 4.54. The molecule has 2 heteroatoms. The van der Waals surface area contributed by atoms with E-state index in [1.807, 2.05) is 4.68 Å². The molecule has 0 unspecified atom stereocenters. The van der Waals surface area contributed by atoms with Gasteiger partial charge in [0.2, 0.25) is 0 Å².